The number of nitrogens with one attached hydrogen (secondary N) is 1. The van der Waals surface area contributed by atoms with E-state index < -0.39 is 0 Å². The van der Waals surface area contributed by atoms with Crippen LogP contribution in [-0.2, 0) is 6.42 Å². The predicted octanol–water partition coefficient (Wildman–Crippen LogP) is 2.49. The minimum absolute atomic E-state index is 0.00921. The number of para-hydroxylation sites is 1. The number of urea groups is 1. The molecule has 1 aliphatic rings. The normalized spacial score (nSPS) is 15.9. The first kappa shape index (κ1) is 10.0. The molecule has 0 atom stereocenters. The maximum Gasteiger partial charge on any atom is 0.322 e. The molecule has 1 aromatic rings. The molecule has 1 N–H and O–H groups in total. The Balaban J connectivity index is 2.26. The van der Waals surface area contributed by atoms with Gasteiger partial charge in [-0.2, -0.15) is 0 Å². The highest BCUT2D eigenvalue weighted by Gasteiger charge is 2.21. The molecule has 0 spiro atoms. The Morgan fingerprint density at radius 2 is 2.07 bits per heavy atom. The lowest BCUT2D eigenvalue weighted by Gasteiger charge is -2.24. The summed E-state index contributed by atoms with van der Waals surface area (Å²) in [7, 11) is 0. The summed E-state index contributed by atoms with van der Waals surface area (Å²) in [4.78, 5) is 13.7. The summed E-state index contributed by atoms with van der Waals surface area (Å²) in [5.74, 6) is 0. The van der Waals surface area contributed by atoms with Gasteiger partial charge in [0.2, 0.25) is 0 Å². The highest BCUT2D eigenvalue weighted by atomic mass is 16.2. The second-order valence-corrected chi connectivity index (χ2v) is 4.12. The Morgan fingerprint density at radius 3 is 2.80 bits per heavy atom. The first-order chi connectivity index (χ1) is 7.18. The second-order valence-electron chi connectivity index (χ2n) is 4.12. The minimum atomic E-state index is 0.00921. The van der Waals surface area contributed by atoms with Gasteiger partial charge in [-0.05, 0) is 31.9 Å². The Bertz CT molecular complexity index is 374. The van der Waals surface area contributed by atoms with Crippen molar-refractivity contribution in [3.8, 4) is 0 Å². The summed E-state index contributed by atoms with van der Waals surface area (Å²) >= 11 is 0. The Labute approximate surface area is 90.1 Å². The molecular weight excluding hydrogens is 188 g/mol. The SMILES string of the molecule is CC(C)N1CCc2ccccc2NC1=O. The van der Waals surface area contributed by atoms with Crippen LogP contribution in [0.2, 0.25) is 0 Å². The number of hydrogen-bond acceptors (Lipinski definition) is 1. The lowest BCUT2D eigenvalue weighted by atomic mass is 10.1. The number of amides is 2. The molecule has 15 heavy (non-hydrogen) atoms. The molecule has 3 nitrogen and oxygen atoms in total. The Kier molecular flexibility index (Phi) is 2.62. The average molecular weight is 204 g/mol. The van der Waals surface area contributed by atoms with E-state index in [1.807, 2.05) is 36.9 Å². The van der Waals surface area contributed by atoms with Crippen LogP contribution in [0.1, 0.15) is 19.4 Å². The van der Waals surface area contributed by atoms with Crippen LogP contribution in [0.4, 0.5) is 10.5 Å². The molecule has 1 aromatic carbocycles. The summed E-state index contributed by atoms with van der Waals surface area (Å²) in [5.41, 5.74) is 2.17. The van der Waals surface area contributed by atoms with Crippen molar-refractivity contribution in [2.24, 2.45) is 0 Å². The second kappa shape index (κ2) is 3.93. The summed E-state index contributed by atoms with van der Waals surface area (Å²) < 4.78 is 0. The number of fused-ring (bicyclic) bond motifs is 1. The van der Waals surface area contributed by atoms with Gasteiger partial charge in [0.1, 0.15) is 0 Å². The third-order valence-corrected chi connectivity index (χ3v) is 2.77. The van der Waals surface area contributed by atoms with E-state index in [0.717, 1.165) is 18.7 Å². The van der Waals surface area contributed by atoms with E-state index in [1.54, 1.807) is 0 Å². The highest BCUT2D eigenvalue weighted by Crippen LogP contribution is 2.20. The van der Waals surface area contributed by atoms with Gasteiger partial charge in [0, 0.05) is 18.3 Å². The molecule has 0 bridgehead atoms. The first-order valence-corrected chi connectivity index (χ1v) is 5.34. The lowest BCUT2D eigenvalue weighted by Crippen LogP contribution is -2.39. The summed E-state index contributed by atoms with van der Waals surface area (Å²) in [6.07, 6.45) is 0.924. The van der Waals surface area contributed by atoms with Crippen LogP contribution in [0.25, 0.3) is 0 Å². The van der Waals surface area contributed by atoms with E-state index in [1.165, 1.54) is 5.56 Å². The van der Waals surface area contributed by atoms with Crippen molar-refractivity contribution in [3.05, 3.63) is 29.8 Å². The zero-order chi connectivity index (χ0) is 10.8. The van der Waals surface area contributed by atoms with Crippen molar-refractivity contribution < 1.29 is 4.79 Å². The fraction of sp³-hybridized carbons (Fsp3) is 0.417. The first-order valence-electron chi connectivity index (χ1n) is 5.34. The van der Waals surface area contributed by atoms with Crippen LogP contribution < -0.4 is 5.32 Å². The molecule has 0 unspecified atom stereocenters. The van der Waals surface area contributed by atoms with E-state index in [-0.39, 0.29) is 12.1 Å². The minimum Gasteiger partial charge on any atom is -0.322 e. The standard InChI is InChI=1S/C12H16N2O/c1-9(2)14-8-7-10-5-3-4-6-11(10)13-12(14)15/h3-6,9H,7-8H2,1-2H3,(H,13,15). The summed E-state index contributed by atoms with van der Waals surface area (Å²) in [5, 5.41) is 2.94. The number of carbonyl (C=O) groups excluding carboxylic acids is 1. The number of hydrogen-bond donors (Lipinski definition) is 1. The van der Waals surface area contributed by atoms with Crippen molar-refractivity contribution in [3.63, 3.8) is 0 Å². The fourth-order valence-corrected chi connectivity index (χ4v) is 1.88. The largest absolute Gasteiger partial charge is 0.322 e. The van der Waals surface area contributed by atoms with Gasteiger partial charge in [-0.25, -0.2) is 4.79 Å². The molecule has 0 radical (unpaired) electrons. The molecule has 1 heterocycles. The van der Waals surface area contributed by atoms with Crippen LogP contribution in [-0.4, -0.2) is 23.5 Å². The van der Waals surface area contributed by atoms with Crippen LogP contribution in [0, 0.1) is 0 Å². The third kappa shape index (κ3) is 1.96. The van der Waals surface area contributed by atoms with Gasteiger partial charge < -0.3 is 10.2 Å². The van der Waals surface area contributed by atoms with Gasteiger partial charge in [-0.15, -0.1) is 0 Å². The van der Waals surface area contributed by atoms with Gasteiger partial charge in [-0.3, -0.25) is 0 Å². The zero-order valence-electron chi connectivity index (χ0n) is 9.16. The average Bonchev–Trinajstić information content (AvgIpc) is 2.35. The van der Waals surface area contributed by atoms with Crippen molar-refractivity contribution in [1.29, 1.82) is 0 Å². The molecule has 2 amide bonds. The molecule has 3 heteroatoms. The quantitative estimate of drug-likeness (QED) is 0.749. The third-order valence-electron chi connectivity index (χ3n) is 2.77. The van der Waals surface area contributed by atoms with Crippen LogP contribution in [0.5, 0.6) is 0 Å². The van der Waals surface area contributed by atoms with Crippen LogP contribution >= 0.6 is 0 Å². The van der Waals surface area contributed by atoms with Gasteiger partial charge in [-0.1, -0.05) is 18.2 Å². The molecular formula is C12H16N2O. The molecule has 2 rings (SSSR count). The number of rotatable bonds is 1. The number of nitrogens with zero attached hydrogens (tertiary/aromatic N) is 1. The fourth-order valence-electron chi connectivity index (χ4n) is 1.88. The van der Waals surface area contributed by atoms with Crippen molar-refractivity contribution >= 4 is 11.7 Å². The molecule has 0 saturated heterocycles. The monoisotopic (exact) mass is 204 g/mol. The van der Waals surface area contributed by atoms with Crippen molar-refractivity contribution in [2.75, 3.05) is 11.9 Å². The maximum absolute atomic E-state index is 11.8. The van der Waals surface area contributed by atoms with Gasteiger partial charge >= 0.3 is 6.03 Å². The predicted molar refractivity (Wildman–Crippen MR) is 61.0 cm³/mol. The van der Waals surface area contributed by atoms with Crippen molar-refractivity contribution in [2.45, 2.75) is 26.3 Å². The number of anilines is 1. The summed E-state index contributed by atoms with van der Waals surface area (Å²) in [6, 6.07) is 8.24. The highest BCUT2D eigenvalue weighted by molar-refractivity contribution is 5.91. The van der Waals surface area contributed by atoms with E-state index in [9.17, 15) is 4.79 Å². The van der Waals surface area contributed by atoms with Gasteiger partial charge in [0.25, 0.3) is 0 Å². The molecule has 1 aliphatic heterocycles. The van der Waals surface area contributed by atoms with E-state index in [2.05, 4.69) is 11.4 Å². The Hall–Kier alpha value is -1.51. The molecule has 0 saturated carbocycles. The van der Waals surface area contributed by atoms with E-state index in [0.29, 0.717) is 0 Å². The van der Waals surface area contributed by atoms with Crippen molar-refractivity contribution in [1.82, 2.24) is 4.90 Å². The lowest BCUT2D eigenvalue weighted by molar-refractivity contribution is 0.199. The smallest absolute Gasteiger partial charge is 0.322 e. The Morgan fingerprint density at radius 1 is 1.33 bits per heavy atom. The van der Waals surface area contributed by atoms with Crippen LogP contribution in [0.3, 0.4) is 0 Å². The zero-order valence-corrected chi connectivity index (χ0v) is 9.16. The van der Waals surface area contributed by atoms with Gasteiger partial charge in [0.15, 0.2) is 0 Å². The molecule has 0 aromatic heterocycles. The van der Waals surface area contributed by atoms with E-state index >= 15 is 0 Å². The molecule has 80 valence electrons. The maximum atomic E-state index is 11.8. The number of carbonyl (C=O) groups is 1. The summed E-state index contributed by atoms with van der Waals surface area (Å²) in [6.45, 7) is 4.87. The topological polar surface area (TPSA) is 32.3 Å². The van der Waals surface area contributed by atoms with E-state index in [4.69, 9.17) is 0 Å². The number of benzene rings is 1. The van der Waals surface area contributed by atoms with Gasteiger partial charge in [0.05, 0.1) is 0 Å². The van der Waals surface area contributed by atoms with Crippen LogP contribution in [0.15, 0.2) is 24.3 Å². The molecule has 0 fully saturated rings. The molecule has 0 aliphatic carbocycles.